The molecule has 2 aliphatic heterocycles. The number of hydrogen-bond donors (Lipinski definition) is 0. The maximum atomic E-state index is 5.02. The van der Waals surface area contributed by atoms with Gasteiger partial charge in [-0.1, -0.05) is 6.92 Å². The van der Waals surface area contributed by atoms with Crippen LogP contribution >= 0.6 is 31.9 Å². The van der Waals surface area contributed by atoms with Gasteiger partial charge in [0, 0.05) is 28.0 Å². The molecule has 1 saturated heterocycles. The van der Waals surface area contributed by atoms with Crippen LogP contribution < -0.4 is 0 Å². The highest BCUT2D eigenvalue weighted by atomic mass is 79.9. The van der Waals surface area contributed by atoms with Crippen molar-refractivity contribution in [2.75, 3.05) is 13.1 Å². The van der Waals surface area contributed by atoms with Gasteiger partial charge in [-0.3, -0.25) is 0 Å². The van der Waals surface area contributed by atoms with Crippen LogP contribution in [0.2, 0.25) is 0 Å². The fraction of sp³-hybridized carbons (Fsp3) is 0.562. The molecule has 3 rings (SSSR count). The van der Waals surface area contributed by atoms with E-state index in [-0.39, 0.29) is 0 Å². The maximum Gasteiger partial charge on any atom is 0.112 e. The molecule has 4 heteroatoms. The largest absolute Gasteiger partial charge is 0.360 e. The standard InChI is InChI=1S/C16H20Br2N2/c1-3-11-12-9-13(17)14(18)10(2)15(12)19-16(11)20-7-5-4-6-8-20/h9,11H,3-8H2,1-2H3. The molecule has 1 aromatic carbocycles. The number of rotatable bonds is 1. The Morgan fingerprint density at radius 3 is 2.60 bits per heavy atom. The fourth-order valence-electron chi connectivity index (χ4n) is 3.33. The molecule has 2 heterocycles. The van der Waals surface area contributed by atoms with Gasteiger partial charge >= 0.3 is 0 Å². The highest BCUT2D eigenvalue weighted by molar-refractivity contribution is 9.13. The average Bonchev–Trinajstić information content (AvgIpc) is 2.84. The summed E-state index contributed by atoms with van der Waals surface area (Å²) in [6.45, 7) is 6.77. The highest BCUT2D eigenvalue weighted by Gasteiger charge is 2.32. The van der Waals surface area contributed by atoms with Crippen LogP contribution in [0.3, 0.4) is 0 Å². The minimum atomic E-state index is 0.464. The topological polar surface area (TPSA) is 15.6 Å². The van der Waals surface area contributed by atoms with E-state index in [9.17, 15) is 0 Å². The molecular weight excluding hydrogens is 380 g/mol. The zero-order valence-electron chi connectivity index (χ0n) is 12.0. The molecule has 1 unspecified atom stereocenters. The van der Waals surface area contributed by atoms with Gasteiger partial charge in [0.1, 0.15) is 5.84 Å². The second-order valence-electron chi connectivity index (χ2n) is 5.71. The summed E-state index contributed by atoms with van der Waals surface area (Å²) in [6.07, 6.45) is 5.09. The Labute approximate surface area is 137 Å². The molecule has 0 N–H and O–H groups in total. The van der Waals surface area contributed by atoms with Crippen LogP contribution in [0.4, 0.5) is 5.69 Å². The lowest BCUT2D eigenvalue weighted by atomic mass is 9.94. The normalized spacial score (nSPS) is 21.9. The van der Waals surface area contributed by atoms with Crippen LogP contribution in [0, 0.1) is 6.92 Å². The van der Waals surface area contributed by atoms with E-state index in [0.29, 0.717) is 5.92 Å². The minimum absolute atomic E-state index is 0.464. The summed E-state index contributed by atoms with van der Waals surface area (Å²) in [7, 11) is 0. The Kier molecular flexibility index (Phi) is 4.23. The Balaban J connectivity index is 2.03. The molecule has 20 heavy (non-hydrogen) atoms. The van der Waals surface area contributed by atoms with Crippen molar-refractivity contribution in [3.8, 4) is 0 Å². The molecule has 1 fully saturated rings. The molecular formula is C16H20Br2N2. The van der Waals surface area contributed by atoms with Gasteiger partial charge in [0.15, 0.2) is 0 Å². The van der Waals surface area contributed by atoms with Gasteiger partial charge in [-0.05, 0) is 81.7 Å². The first-order valence-electron chi connectivity index (χ1n) is 7.45. The number of hydrogen-bond acceptors (Lipinski definition) is 2. The summed E-state index contributed by atoms with van der Waals surface area (Å²) in [5.41, 5.74) is 3.83. The summed E-state index contributed by atoms with van der Waals surface area (Å²) in [5, 5.41) is 0. The summed E-state index contributed by atoms with van der Waals surface area (Å²) < 4.78 is 2.28. The van der Waals surface area contributed by atoms with Gasteiger partial charge in [0.2, 0.25) is 0 Å². The summed E-state index contributed by atoms with van der Waals surface area (Å²) in [4.78, 5) is 7.53. The van der Waals surface area contributed by atoms with E-state index >= 15 is 0 Å². The Hall–Kier alpha value is -0.350. The molecule has 0 spiro atoms. The highest BCUT2D eigenvalue weighted by Crippen LogP contribution is 2.45. The predicted octanol–water partition coefficient (Wildman–Crippen LogP) is 5.54. The van der Waals surface area contributed by atoms with Crippen molar-refractivity contribution in [3.05, 3.63) is 26.1 Å². The van der Waals surface area contributed by atoms with Crippen LogP contribution in [0.25, 0.3) is 0 Å². The molecule has 1 atom stereocenters. The van der Waals surface area contributed by atoms with Crippen molar-refractivity contribution in [1.82, 2.24) is 4.90 Å². The second-order valence-corrected chi connectivity index (χ2v) is 7.36. The van der Waals surface area contributed by atoms with Gasteiger partial charge in [0.05, 0.1) is 5.69 Å². The number of amidine groups is 1. The van der Waals surface area contributed by atoms with Gasteiger partial charge in [0.25, 0.3) is 0 Å². The monoisotopic (exact) mass is 398 g/mol. The fourth-order valence-corrected chi connectivity index (χ4v) is 4.18. The molecule has 2 nitrogen and oxygen atoms in total. The number of halogens is 2. The lowest BCUT2D eigenvalue weighted by molar-refractivity contribution is 0.333. The van der Waals surface area contributed by atoms with Gasteiger partial charge in [-0.2, -0.15) is 0 Å². The molecule has 0 aliphatic carbocycles. The third-order valence-electron chi connectivity index (χ3n) is 4.45. The SMILES string of the molecule is CCC1C(N2CCCCC2)=Nc2c1cc(Br)c(Br)c2C. The quantitative estimate of drug-likeness (QED) is 0.604. The predicted molar refractivity (Wildman–Crippen MR) is 92.1 cm³/mol. The first kappa shape index (κ1) is 14.6. The van der Waals surface area contributed by atoms with Crippen molar-refractivity contribution in [1.29, 1.82) is 0 Å². The summed E-state index contributed by atoms with van der Waals surface area (Å²) in [5.74, 6) is 1.77. The Morgan fingerprint density at radius 2 is 1.95 bits per heavy atom. The zero-order valence-corrected chi connectivity index (χ0v) is 15.2. The van der Waals surface area contributed by atoms with Gasteiger partial charge in [-0.15, -0.1) is 0 Å². The molecule has 0 bridgehead atoms. The van der Waals surface area contributed by atoms with Crippen LogP contribution in [0.15, 0.2) is 20.0 Å². The lowest BCUT2D eigenvalue weighted by Gasteiger charge is -2.31. The number of aliphatic imine (C=N–C) groups is 1. The van der Waals surface area contributed by atoms with E-state index in [0.717, 1.165) is 15.4 Å². The van der Waals surface area contributed by atoms with E-state index in [1.165, 1.54) is 55.0 Å². The summed E-state index contributed by atoms with van der Waals surface area (Å²) >= 11 is 7.32. The minimum Gasteiger partial charge on any atom is -0.360 e. The second kappa shape index (κ2) is 5.80. The maximum absolute atomic E-state index is 5.02. The van der Waals surface area contributed by atoms with E-state index in [1.807, 2.05) is 0 Å². The first-order chi connectivity index (χ1) is 9.63. The molecule has 0 saturated carbocycles. The molecule has 108 valence electrons. The number of likely N-dealkylation sites (tertiary alicyclic amines) is 1. The van der Waals surface area contributed by atoms with Crippen LogP contribution in [0.1, 0.15) is 49.7 Å². The molecule has 2 aliphatic rings. The van der Waals surface area contributed by atoms with Gasteiger partial charge < -0.3 is 4.90 Å². The Morgan fingerprint density at radius 1 is 1.25 bits per heavy atom. The zero-order chi connectivity index (χ0) is 14.3. The number of piperidine rings is 1. The van der Waals surface area contributed by atoms with E-state index in [2.05, 4.69) is 56.7 Å². The van der Waals surface area contributed by atoms with E-state index in [1.54, 1.807) is 0 Å². The third kappa shape index (κ3) is 2.35. The molecule has 1 aromatic rings. The smallest absolute Gasteiger partial charge is 0.112 e. The molecule has 0 aromatic heterocycles. The lowest BCUT2D eigenvalue weighted by Crippen LogP contribution is -2.37. The number of fused-ring (bicyclic) bond motifs is 1. The summed E-state index contributed by atoms with van der Waals surface area (Å²) in [6, 6.07) is 2.25. The first-order valence-corrected chi connectivity index (χ1v) is 9.04. The van der Waals surface area contributed by atoms with Crippen LogP contribution in [-0.2, 0) is 0 Å². The van der Waals surface area contributed by atoms with Crippen LogP contribution in [-0.4, -0.2) is 23.8 Å². The van der Waals surface area contributed by atoms with Crippen molar-refractivity contribution >= 4 is 43.4 Å². The number of benzene rings is 1. The van der Waals surface area contributed by atoms with E-state index < -0.39 is 0 Å². The van der Waals surface area contributed by atoms with Crippen molar-refractivity contribution < 1.29 is 0 Å². The molecule has 0 amide bonds. The number of nitrogens with zero attached hydrogens (tertiary/aromatic N) is 2. The third-order valence-corrected chi connectivity index (χ3v) is 6.63. The van der Waals surface area contributed by atoms with Crippen molar-refractivity contribution in [2.24, 2.45) is 4.99 Å². The Bertz CT molecular complexity index is 560. The van der Waals surface area contributed by atoms with Crippen molar-refractivity contribution in [3.63, 3.8) is 0 Å². The van der Waals surface area contributed by atoms with E-state index in [4.69, 9.17) is 4.99 Å². The van der Waals surface area contributed by atoms with Gasteiger partial charge in [-0.25, -0.2) is 4.99 Å². The van der Waals surface area contributed by atoms with Crippen molar-refractivity contribution in [2.45, 2.75) is 45.4 Å². The van der Waals surface area contributed by atoms with Crippen LogP contribution in [0.5, 0.6) is 0 Å². The molecule has 0 radical (unpaired) electrons. The average molecular weight is 400 g/mol.